The van der Waals surface area contributed by atoms with E-state index in [9.17, 15) is 18.0 Å². The summed E-state index contributed by atoms with van der Waals surface area (Å²) in [6.07, 6.45) is 4.77. The van der Waals surface area contributed by atoms with Crippen molar-refractivity contribution in [3.8, 4) is 0 Å². The molecule has 0 heterocycles. The van der Waals surface area contributed by atoms with Crippen LogP contribution in [0.5, 0.6) is 0 Å². The van der Waals surface area contributed by atoms with Crippen molar-refractivity contribution in [1.82, 2.24) is 10.0 Å². The topological polar surface area (TPSA) is 104 Å². The number of rotatable bonds is 9. The molecule has 0 aliphatic rings. The first kappa shape index (κ1) is 24.1. The molecule has 31 heavy (non-hydrogen) atoms. The van der Waals surface area contributed by atoms with Gasteiger partial charge in [0.25, 0.3) is 10.0 Å². The quantitative estimate of drug-likeness (QED) is 0.398. The zero-order valence-corrected chi connectivity index (χ0v) is 18.8. The lowest BCUT2D eigenvalue weighted by atomic mass is 10.0. The van der Waals surface area contributed by atoms with Gasteiger partial charge in [-0.3, -0.25) is 4.79 Å². The van der Waals surface area contributed by atoms with Crippen molar-refractivity contribution in [2.75, 3.05) is 11.9 Å². The van der Waals surface area contributed by atoms with E-state index in [0.717, 1.165) is 18.4 Å². The number of hydrogen-bond donors (Lipinski definition) is 3. The van der Waals surface area contributed by atoms with Crippen molar-refractivity contribution in [2.45, 2.75) is 44.4 Å². The molecule has 0 unspecified atom stereocenters. The number of sulfonamides is 1. The Morgan fingerprint density at radius 1 is 1.00 bits per heavy atom. The molecule has 7 nitrogen and oxygen atoms in total. The van der Waals surface area contributed by atoms with Gasteiger partial charge in [0.05, 0.1) is 4.90 Å². The first-order chi connectivity index (χ1) is 14.7. The molecule has 2 aromatic rings. The van der Waals surface area contributed by atoms with E-state index in [4.69, 9.17) is 0 Å². The van der Waals surface area contributed by atoms with Gasteiger partial charge < -0.3 is 10.6 Å². The zero-order chi connectivity index (χ0) is 22.9. The highest BCUT2D eigenvalue weighted by Crippen LogP contribution is 2.16. The summed E-state index contributed by atoms with van der Waals surface area (Å²) in [5.41, 5.74) is 2.57. The van der Waals surface area contributed by atoms with Crippen LogP contribution in [0, 0.1) is 0 Å². The van der Waals surface area contributed by atoms with Gasteiger partial charge in [0.2, 0.25) is 5.91 Å². The van der Waals surface area contributed by atoms with E-state index < -0.39 is 16.1 Å². The van der Waals surface area contributed by atoms with Crippen molar-refractivity contribution in [3.63, 3.8) is 0 Å². The summed E-state index contributed by atoms with van der Waals surface area (Å²) < 4.78 is 26.5. The van der Waals surface area contributed by atoms with Crippen LogP contribution in [0.2, 0.25) is 0 Å². The van der Waals surface area contributed by atoms with E-state index in [2.05, 4.69) is 24.5 Å². The Morgan fingerprint density at radius 3 is 2.23 bits per heavy atom. The highest BCUT2D eigenvalue weighted by Gasteiger charge is 2.17. The summed E-state index contributed by atoms with van der Waals surface area (Å²) in [5, 5.41) is 5.16. The van der Waals surface area contributed by atoms with E-state index in [0.29, 0.717) is 18.2 Å². The van der Waals surface area contributed by atoms with E-state index in [1.807, 2.05) is 35.9 Å². The fourth-order valence-corrected chi connectivity index (χ4v) is 3.59. The van der Waals surface area contributed by atoms with Crippen LogP contribution in [0.25, 0.3) is 6.08 Å². The Balaban J connectivity index is 1.93. The van der Waals surface area contributed by atoms with Crippen molar-refractivity contribution >= 4 is 33.7 Å². The van der Waals surface area contributed by atoms with Crippen LogP contribution in [0.3, 0.4) is 0 Å². The lowest BCUT2D eigenvalue weighted by molar-refractivity contribution is -0.111. The van der Waals surface area contributed by atoms with Gasteiger partial charge in [-0.15, -0.1) is 0 Å². The molecule has 0 atom stereocenters. The first-order valence-electron chi connectivity index (χ1n) is 10.2. The van der Waals surface area contributed by atoms with Gasteiger partial charge in [-0.2, -0.15) is 0 Å². The fourth-order valence-electron chi connectivity index (χ4n) is 2.66. The average molecular weight is 444 g/mol. The number of nitrogens with one attached hydrogen (secondary N) is 3. The monoisotopic (exact) mass is 443 g/mol. The van der Waals surface area contributed by atoms with Gasteiger partial charge in [0, 0.05) is 18.3 Å². The second-order valence-corrected chi connectivity index (χ2v) is 9.07. The van der Waals surface area contributed by atoms with Crippen LogP contribution < -0.4 is 15.4 Å². The third-order valence-electron chi connectivity index (χ3n) is 4.51. The van der Waals surface area contributed by atoms with Crippen LogP contribution in [0.4, 0.5) is 10.5 Å². The lowest BCUT2D eigenvalue weighted by Gasteiger charge is -2.09. The van der Waals surface area contributed by atoms with Crippen LogP contribution >= 0.6 is 0 Å². The van der Waals surface area contributed by atoms with Crippen molar-refractivity contribution < 1.29 is 18.0 Å². The molecule has 0 aliphatic heterocycles. The second kappa shape index (κ2) is 11.3. The maximum absolute atomic E-state index is 12.3. The summed E-state index contributed by atoms with van der Waals surface area (Å²) in [4.78, 5) is 23.8. The van der Waals surface area contributed by atoms with Crippen molar-refractivity contribution in [1.29, 1.82) is 0 Å². The van der Waals surface area contributed by atoms with Gasteiger partial charge in [-0.05, 0) is 53.8 Å². The molecule has 166 valence electrons. The van der Waals surface area contributed by atoms with Crippen molar-refractivity contribution in [3.05, 3.63) is 65.7 Å². The maximum Gasteiger partial charge on any atom is 0.328 e. The van der Waals surface area contributed by atoms with Gasteiger partial charge in [0.15, 0.2) is 0 Å². The SMILES string of the molecule is CCCCNC(=O)NS(=O)(=O)c1ccc(NC(=O)/C=C/c2ccc(C(C)C)cc2)cc1. The number of amides is 3. The highest BCUT2D eigenvalue weighted by molar-refractivity contribution is 7.90. The molecule has 0 saturated heterocycles. The predicted octanol–water partition coefficient (Wildman–Crippen LogP) is 4.25. The third kappa shape index (κ3) is 7.90. The summed E-state index contributed by atoms with van der Waals surface area (Å²) in [7, 11) is -3.99. The molecular formula is C23H29N3O4S. The molecule has 2 aromatic carbocycles. The van der Waals surface area contributed by atoms with Gasteiger partial charge in [-0.1, -0.05) is 51.5 Å². The van der Waals surface area contributed by atoms with E-state index in [1.54, 1.807) is 6.08 Å². The number of carbonyl (C=O) groups excluding carboxylic acids is 2. The van der Waals surface area contributed by atoms with Crippen LogP contribution in [0.1, 0.15) is 50.7 Å². The zero-order valence-electron chi connectivity index (χ0n) is 18.0. The van der Waals surface area contributed by atoms with Crippen molar-refractivity contribution in [2.24, 2.45) is 0 Å². The molecule has 0 spiro atoms. The maximum atomic E-state index is 12.3. The minimum atomic E-state index is -3.99. The number of unbranched alkanes of at least 4 members (excludes halogenated alkanes) is 1. The Bertz CT molecular complexity index is 1010. The number of hydrogen-bond acceptors (Lipinski definition) is 4. The molecule has 3 amide bonds. The highest BCUT2D eigenvalue weighted by atomic mass is 32.2. The van der Waals surface area contributed by atoms with E-state index >= 15 is 0 Å². The van der Waals surface area contributed by atoms with Gasteiger partial charge >= 0.3 is 6.03 Å². The molecule has 2 rings (SSSR count). The lowest BCUT2D eigenvalue weighted by Crippen LogP contribution is -2.39. The Hall–Kier alpha value is -3.13. The first-order valence-corrected chi connectivity index (χ1v) is 11.7. The predicted molar refractivity (Wildman–Crippen MR) is 123 cm³/mol. The van der Waals surface area contributed by atoms with Gasteiger partial charge in [-0.25, -0.2) is 17.9 Å². The third-order valence-corrected chi connectivity index (χ3v) is 5.85. The molecular weight excluding hydrogens is 414 g/mol. The summed E-state index contributed by atoms with van der Waals surface area (Å²) in [6.45, 7) is 6.61. The number of anilines is 1. The van der Waals surface area contributed by atoms with E-state index in [1.165, 1.54) is 35.9 Å². The van der Waals surface area contributed by atoms with Crippen LogP contribution in [-0.2, 0) is 14.8 Å². The Labute approximate surface area is 184 Å². The molecule has 0 fully saturated rings. The summed E-state index contributed by atoms with van der Waals surface area (Å²) >= 11 is 0. The largest absolute Gasteiger partial charge is 0.337 e. The molecule has 0 radical (unpaired) electrons. The summed E-state index contributed by atoms with van der Waals surface area (Å²) in [5.74, 6) is 0.107. The molecule has 0 saturated carbocycles. The Morgan fingerprint density at radius 2 is 1.65 bits per heavy atom. The number of benzene rings is 2. The molecule has 0 aliphatic carbocycles. The minimum Gasteiger partial charge on any atom is -0.337 e. The van der Waals surface area contributed by atoms with Crippen LogP contribution in [0.15, 0.2) is 59.5 Å². The number of carbonyl (C=O) groups is 2. The standard InChI is InChI=1S/C23H29N3O4S/c1-4-5-16-24-23(28)26-31(29,30)21-13-11-20(12-14-21)25-22(27)15-8-18-6-9-19(10-7-18)17(2)3/h6-15,17H,4-5,16H2,1-3H3,(H,25,27)(H2,24,26,28)/b15-8+. The molecule has 3 N–H and O–H groups in total. The number of urea groups is 1. The summed E-state index contributed by atoms with van der Waals surface area (Å²) in [6, 6.07) is 12.8. The fraction of sp³-hybridized carbons (Fsp3) is 0.304. The molecule has 0 aromatic heterocycles. The second-order valence-electron chi connectivity index (χ2n) is 7.38. The van der Waals surface area contributed by atoms with Crippen LogP contribution in [-0.4, -0.2) is 26.9 Å². The van der Waals surface area contributed by atoms with Gasteiger partial charge in [0.1, 0.15) is 0 Å². The Kier molecular flexibility index (Phi) is 8.81. The molecule has 0 bridgehead atoms. The normalized spacial score (nSPS) is 11.5. The smallest absolute Gasteiger partial charge is 0.328 e. The molecule has 8 heteroatoms. The average Bonchev–Trinajstić information content (AvgIpc) is 2.73. The minimum absolute atomic E-state index is 0.0723. The van der Waals surface area contributed by atoms with E-state index in [-0.39, 0.29) is 10.8 Å².